The van der Waals surface area contributed by atoms with Gasteiger partial charge in [0, 0.05) is 18.2 Å². The van der Waals surface area contributed by atoms with Crippen LogP contribution in [-0.4, -0.2) is 41.5 Å². The Morgan fingerprint density at radius 1 is 0.861 bits per heavy atom. The number of nitrogens with zero attached hydrogens (tertiary/aromatic N) is 2. The van der Waals surface area contributed by atoms with Gasteiger partial charge in [0.1, 0.15) is 6.04 Å². The first-order valence-electron chi connectivity index (χ1n) is 11.8. The van der Waals surface area contributed by atoms with E-state index >= 15 is 0 Å². The summed E-state index contributed by atoms with van der Waals surface area (Å²) in [5.41, 5.74) is 3.16. The van der Waals surface area contributed by atoms with Crippen molar-refractivity contribution in [2.24, 2.45) is 4.99 Å². The summed E-state index contributed by atoms with van der Waals surface area (Å²) in [5.74, 6) is -1.57. The largest absolute Gasteiger partial charge is 0.464 e. The number of esters is 1. The Kier molecular flexibility index (Phi) is 6.41. The Hall–Kier alpha value is -4.58. The molecule has 0 saturated carbocycles. The molecule has 36 heavy (non-hydrogen) atoms. The SMILES string of the molecule is CCOC(=O)[C@@H](Cc1ccc(N=Cc2cccc3ccccc23)cc1)N1C(=O)c2ccccc2C1=O. The highest BCUT2D eigenvalue weighted by molar-refractivity contribution is 6.22. The fourth-order valence-electron chi connectivity index (χ4n) is 4.46. The van der Waals surface area contributed by atoms with Crippen molar-refractivity contribution in [2.75, 3.05) is 6.61 Å². The van der Waals surface area contributed by atoms with Gasteiger partial charge in [0.25, 0.3) is 11.8 Å². The van der Waals surface area contributed by atoms with Crippen molar-refractivity contribution in [2.45, 2.75) is 19.4 Å². The third kappa shape index (κ3) is 4.41. The van der Waals surface area contributed by atoms with Crippen LogP contribution in [0.15, 0.2) is 96.0 Å². The second-order valence-electron chi connectivity index (χ2n) is 8.49. The zero-order valence-electron chi connectivity index (χ0n) is 19.8. The summed E-state index contributed by atoms with van der Waals surface area (Å²) in [5, 5.41) is 2.27. The number of carbonyl (C=O) groups is 3. The Morgan fingerprint density at radius 3 is 2.19 bits per heavy atom. The molecule has 0 unspecified atom stereocenters. The number of hydrogen-bond acceptors (Lipinski definition) is 5. The quantitative estimate of drug-likeness (QED) is 0.204. The maximum Gasteiger partial charge on any atom is 0.329 e. The van der Waals surface area contributed by atoms with Crippen LogP contribution in [0.1, 0.15) is 38.8 Å². The van der Waals surface area contributed by atoms with E-state index in [-0.39, 0.29) is 13.0 Å². The maximum absolute atomic E-state index is 13.0. The zero-order valence-corrected chi connectivity index (χ0v) is 19.8. The molecule has 0 N–H and O–H groups in total. The van der Waals surface area contributed by atoms with Crippen molar-refractivity contribution in [3.63, 3.8) is 0 Å². The Bertz CT molecular complexity index is 1450. The van der Waals surface area contributed by atoms with Gasteiger partial charge in [-0.3, -0.25) is 19.5 Å². The molecule has 0 spiro atoms. The van der Waals surface area contributed by atoms with Crippen LogP contribution >= 0.6 is 0 Å². The highest BCUT2D eigenvalue weighted by Crippen LogP contribution is 2.27. The Morgan fingerprint density at radius 2 is 1.50 bits per heavy atom. The summed E-state index contributed by atoms with van der Waals surface area (Å²) in [7, 11) is 0. The number of imide groups is 1. The van der Waals surface area contributed by atoms with Gasteiger partial charge in [-0.15, -0.1) is 0 Å². The number of amides is 2. The average molecular weight is 477 g/mol. The molecule has 0 aliphatic carbocycles. The van der Waals surface area contributed by atoms with Crippen LogP contribution < -0.4 is 0 Å². The molecule has 6 nitrogen and oxygen atoms in total. The van der Waals surface area contributed by atoms with E-state index in [0.29, 0.717) is 11.1 Å². The molecule has 0 bridgehead atoms. The molecule has 5 rings (SSSR count). The van der Waals surface area contributed by atoms with Gasteiger partial charge >= 0.3 is 5.97 Å². The smallest absolute Gasteiger partial charge is 0.329 e. The molecule has 1 aliphatic heterocycles. The predicted octanol–water partition coefficient (Wildman–Crippen LogP) is 5.36. The Labute approximate surface area is 208 Å². The van der Waals surface area contributed by atoms with E-state index < -0.39 is 23.8 Å². The second kappa shape index (κ2) is 9.96. The number of rotatable bonds is 7. The second-order valence-corrected chi connectivity index (χ2v) is 8.49. The lowest BCUT2D eigenvalue weighted by molar-refractivity contribution is -0.147. The van der Waals surface area contributed by atoms with Crippen LogP contribution in [0.5, 0.6) is 0 Å². The molecule has 4 aromatic rings. The third-order valence-corrected chi connectivity index (χ3v) is 6.24. The molecule has 0 radical (unpaired) electrons. The molecule has 6 heteroatoms. The molecule has 0 fully saturated rings. The number of benzene rings is 4. The molecular formula is C30H24N2O4. The van der Waals surface area contributed by atoms with Crippen molar-refractivity contribution < 1.29 is 19.1 Å². The van der Waals surface area contributed by atoms with E-state index in [0.717, 1.165) is 32.5 Å². The molecule has 4 aromatic carbocycles. The molecule has 2 amide bonds. The monoisotopic (exact) mass is 476 g/mol. The summed E-state index contributed by atoms with van der Waals surface area (Å²) in [4.78, 5) is 44.4. The molecular weight excluding hydrogens is 452 g/mol. The van der Waals surface area contributed by atoms with Gasteiger partial charge in [0.2, 0.25) is 0 Å². The van der Waals surface area contributed by atoms with Crippen LogP contribution in [0, 0.1) is 0 Å². The van der Waals surface area contributed by atoms with Crippen molar-refractivity contribution in [1.82, 2.24) is 4.90 Å². The topological polar surface area (TPSA) is 76.0 Å². The summed E-state index contributed by atoms with van der Waals surface area (Å²) >= 11 is 0. The lowest BCUT2D eigenvalue weighted by Crippen LogP contribution is -2.47. The average Bonchev–Trinajstić information content (AvgIpc) is 3.16. The zero-order chi connectivity index (χ0) is 25.1. The highest BCUT2D eigenvalue weighted by Gasteiger charge is 2.43. The van der Waals surface area contributed by atoms with Crippen LogP contribution in [0.4, 0.5) is 5.69 Å². The molecule has 1 aliphatic rings. The fourth-order valence-corrected chi connectivity index (χ4v) is 4.46. The van der Waals surface area contributed by atoms with Crippen LogP contribution in [0.2, 0.25) is 0 Å². The normalized spacial score (nSPS) is 13.9. The summed E-state index contributed by atoms with van der Waals surface area (Å²) < 4.78 is 5.22. The van der Waals surface area contributed by atoms with Gasteiger partial charge in [-0.05, 0) is 47.5 Å². The van der Waals surface area contributed by atoms with E-state index in [1.165, 1.54) is 0 Å². The molecule has 0 saturated heterocycles. The third-order valence-electron chi connectivity index (χ3n) is 6.24. The van der Waals surface area contributed by atoms with Crippen molar-refractivity contribution in [3.8, 4) is 0 Å². The van der Waals surface area contributed by atoms with Gasteiger partial charge in [-0.25, -0.2) is 4.79 Å². The predicted molar refractivity (Wildman–Crippen MR) is 139 cm³/mol. The minimum absolute atomic E-state index is 0.150. The van der Waals surface area contributed by atoms with Crippen LogP contribution in [-0.2, 0) is 16.0 Å². The lowest BCUT2D eigenvalue weighted by Gasteiger charge is -2.24. The van der Waals surface area contributed by atoms with Crippen LogP contribution in [0.25, 0.3) is 10.8 Å². The summed E-state index contributed by atoms with van der Waals surface area (Å²) in [6.45, 7) is 1.85. The Balaban J connectivity index is 1.37. The van der Waals surface area contributed by atoms with Crippen molar-refractivity contribution in [1.29, 1.82) is 0 Å². The maximum atomic E-state index is 13.0. The fraction of sp³-hybridized carbons (Fsp3) is 0.133. The van der Waals surface area contributed by atoms with E-state index in [9.17, 15) is 14.4 Å². The van der Waals surface area contributed by atoms with Gasteiger partial charge in [0.05, 0.1) is 23.4 Å². The lowest BCUT2D eigenvalue weighted by atomic mass is 10.0. The van der Waals surface area contributed by atoms with Gasteiger partial charge in [-0.2, -0.15) is 0 Å². The van der Waals surface area contributed by atoms with E-state index in [2.05, 4.69) is 23.2 Å². The van der Waals surface area contributed by atoms with E-state index in [1.807, 2.05) is 54.7 Å². The first kappa shape index (κ1) is 23.2. The van der Waals surface area contributed by atoms with Crippen molar-refractivity contribution in [3.05, 3.63) is 113 Å². The minimum atomic E-state index is -1.05. The first-order chi connectivity index (χ1) is 17.6. The van der Waals surface area contributed by atoms with E-state index in [1.54, 1.807) is 31.2 Å². The minimum Gasteiger partial charge on any atom is -0.464 e. The first-order valence-corrected chi connectivity index (χ1v) is 11.8. The number of aliphatic imine (C=N–C) groups is 1. The van der Waals surface area contributed by atoms with Gasteiger partial charge in [-0.1, -0.05) is 66.7 Å². The highest BCUT2D eigenvalue weighted by atomic mass is 16.5. The van der Waals surface area contributed by atoms with Gasteiger partial charge in [0.15, 0.2) is 0 Å². The standard InChI is InChI=1S/C30H24N2O4/c1-2-36-30(35)27(32-28(33)25-12-5-6-13-26(25)29(32)34)18-20-14-16-23(17-15-20)31-19-22-10-7-9-21-8-3-4-11-24(21)22/h3-17,19,27H,2,18H2,1H3/t27-/m1/s1. The number of fused-ring (bicyclic) bond motifs is 2. The summed E-state index contributed by atoms with van der Waals surface area (Å²) in [6.07, 6.45) is 1.98. The van der Waals surface area contributed by atoms with Crippen LogP contribution in [0.3, 0.4) is 0 Å². The summed E-state index contributed by atoms with van der Waals surface area (Å²) in [6, 6.07) is 27.2. The molecule has 1 heterocycles. The van der Waals surface area contributed by atoms with Crippen molar-refractivity contribution >= 4 is 40.5 Å². The molecule has 1 atom stereocenters. The molecule has 0 aromatic heterocycles. The number of ether oxygens (including phenoxy) is 1. The number of hydrogen-bond donors (Lipinski definition) is 0. The van der Waals surface area contributed by atoms with Gasteiger partial charge < -0.3 is 4.74 Å². The van der Waals surface area contributed by atoms with E-state index in [4.69, 9.17) is 4.74 Å². The number of carbonyl (C=O) groups excluding carboxylic acids is 3. The molecule has 178 valence electrons.